The summed E-state index contributed by atoms with van der Waals surface area (Å²) in [5.41, 5.74) is 4.27. The summed E-state index contributed by atoms with van der Waals surface area (Å²) in [5, 5.41) is 45.2. The van der Waals surface area contributed by atoms with Crippen molar-refractivity contribution < 1.29 is 34.8 Å². The van der Waals surface area contributed by atoms with E-state index >= 15 is 0 Å². The fourth-order valence-corrected chi connectivity index (χ4v) is 5.74. The molecular formula is C27H35N3O7. The first-order valence-electron chi connectivity index (χ1n) is 12.4. The van der Waals surface area contributed by atoms with Crippen LogP contribution in [-0.4, -0.2) is 83.5 Å². The molecular weight excluding hydrogens is 478 g/mol. The lowest BCUT2D eigenvalue weighted by molar-refractivity contribution is -0.142. The van der Waals surface area contributed by atoms with Crippen LogP contribution in [0, 0.1) is 5.92 Å². The summed E-state index contributed by atoms with van der Waals surface area (Å²) in [4.78, 5) is 29.5. The van der Waals surface area contributed by atoms with Gasteiger partial charge in [-0.15, -0.1) is 0 Å². The lowest BCUT2D eigenvalue weighted by atomic mass is 9.61. The molecule has 0 bridgehead atoms. The number of aliphatic hydroxyl groups excluding tert-OH is 3. The Hall–Kier alpha value is -3.50. The molecule has 1 aromatic rings. The van der Waals surface area contributed by atoms with Gasteiger partial charge in [0.05, 0.1) is 23.4 Å². The van der Waals surface area contributed by atoms with Crippen molar-refractivity contribution in [2.45, 2.75) is 44.3 Å². The minimum absolute atomic E-state index is 0.0441. The van der Waals surface area contributed by atoms with Crippen molar-refractivity contribution in [2.75, 3.05) is 39.7 Å². The highest BCUT2D eigenvalue weighted by Gasteiger charge is 2.60. The molecule has 1 amide bonds. The number of Topliss-reactive ketones (excluding diaryl/α,β-unsaturated/α-hetero) is 1. The van der Waals surface area contributed by atoms with Gasteiger partial charge in [0.15, 0.2) is 5.60 Å². The second kappa shape index (κ2) is 9.42. The van der Waals surface area contributed by atoms with Gasteiger partial charge in [-0.3, -0.25) is 9.59 Å². The van der Waals surface area contributed by atoms with Gasteiger partial charge in [-0.05, 0) is 48.4 Å². The maximum absolute atomic E-state index is 14.0. The zero-order valence-corrected chi connectivity index (χ0v) is 21.8. The summed E-state index contributed by atoms with van der Waals surface area (Å²) in [6.07, 6.45) is 0.0232. The summed E-state index contributed by atoms with van der Waals surface area (Å²) >= 11 is 0. The quantitative estimate of drug-likeness (QED) is 0.341. The molecule has 0 aliphatic heterocycles. The van der Waals surface area contributed by atoms with Crippen molar-refractivity contribution in [1.29, 1.82) is 0 Å². The first kappa shape index (κ1) is 26.6. The van der Waals surface area contributed by atoms with Crippen LogP contribution in [-0.2, 0) is 16.0 Å². The summed E-state index contributed by atoms with van der Waals surface area (Å²) in [7, 11) is 6.94. The number of ketones is 1. The molecule has 0 spiro atoms. The van der Waals surface area contributed by atoms with Crippen LogP contribution in [0.15, 0.2) is 40.3 Å². The van der Waals surface area contributed by atoms with E-state index in [0.29, 0.717) is 24.3 Å². The molecule has 0 saturated heterocycles. The second-order valence-corrected chi connectivity index (χ2v) is 10.2. The van der Waals surface area contributed by atoms with Crippen LogP contribution in [0.2, 0.25) is 0 Å². The summed E-state index contributed by atoms with van der Waals surface area (Å²) in [5.74, 6) is -3.13. The molecule has 1 fully saturated rings. The van der Waals surface area contributed by atoms with Crippen molar-refractivity contribution in [1.82, 2.24) is 4.90 Å². The third-order valence-corrected chi connectivity index (χ3v) is 7.49. The van der Waals surface area contributed by atoms with Gasteiger partial charge in [-0.1, -0.05) is 13.3 Å². The van der Waals surface area contributed by atoms with Crippen LogP contribution in [0.1, 0.15) is 37.3 Å². The van der Waals surface area contributed by atoms with E-state index in [2.05, 4.69) is 0 Å². The largest absolute Gasteiger partial charge is 0.507 e. The smallest absolute Gasteiger partial charge is 0.251 e. The molecule has 3 aliphatic carbocycles. The topological polar surface area (TPSA) is 157 Å². The van der Waals surface area contributed by atoms with E-state index < -0.39 is 40.6 Å². The number of amides is 1. The number of nitrogens with two attached hydrogens (primary N) is 1. The zero-order valence-electron chi connectivity index (χ0n) is 21.8. The summed E-state index contributed by atoms with van der Waals surface area (Å²) in [6, 6.07) is 3.65. The Bertz CT molecular complexity index is 1260. The molecule has 3 atom stereocenters. The first-order valence-corrected chi connectivity index (χ1v) is 12.4. The average Bonchev–Trinajstić information content (AvgIpc) is 2.81. The van der Waals surface area contributed by atoms with Crippen LogP contribution in [0.5, 0.6) is 5.75 Å². The first-order chi connectivity index (χ1) is 17.4. The number of rotatable bonds is 7. The molecule has 200 valence electrons. The fraction of sp³-hybridized carbons (Fsp3) is 0.481. The number of nitrogens with zero attached hydrogens (tertiary/aromatic N) is 2. The van der Waals surface area contributed by atoms with E-state index in [0.717, 1.165) is 24.1 Å². The maximum atomic E-state index is 14.0. The van der Waals surface area contributed by atoms with Crippen LogP contribution >= 0.6 is 0 Å². The number of carbonyl (C=O) groups is 2. The van der Waals surface area contributed by atoms with Gasteiger partial charge in [-0.2, -0.15) is 0 Å². The van der Waals surface area contributed by atoms with Crippen LogP contribution in [0.25, 0.3) is 5.76 Å². The van der Waals surface area contributed by atoms with Gasteiger partial charge in [-0.25, -0.2) is 0 Å². The summed E-state index contributed by atoms with van der Waals surface area (Å²) < 4.78 is 5.98. The molecule has 1 aromatic carbocycles. The predicted octanol–water partition coefficient (Wildman–Crippen LogP) is 1.56. The molecule has 10 nitrogen and oxygen atoms in total. The molecule has 0 aromatic heterocycles. The third-order valence-electron chi connectivity index (χ3n) is 7.49. The van der Waals surface area contributed by atoms with Crippen molar-refractivity contribution >= 4 is 23.1 Å². The normalized spacial score (nSPS) is 25.0. The Balaban J connectivity index is 1.96. The Kier molecular flexibility index (Phi) is 6.76. The summed E-state index contributed by atoms with van der Waals surface area (Å²) in [6.45, 7) is 2.46. The number of primary amides is 1. The van der Waals surface area contributed by atoms with Gasteiger partial charge in [0, 0.05) is 39.5 Å². The number of ether oxygens (including phenoxy) is 1. The number of anilines is 1. The molecule has 0 radical (unpaired) electrons. The van der Waals surface area contributed by atoms with Crippen molar-refractivity contribution in [3.05, 3.63) is 51.4 Å². The highest BCUT2D eigenvalue weighted by molar-refractivity contribution is 6.13. The number of likely N-dealkylation sites (N-methyl/N-ethyl adjacent to an activating group) is 1. The number of hydrogen-bond donors (Lipinski definition) is 5. The predicted molar refractivity (Wildman–Crippen MR) is 138 cm³/mol. The highest BCUT2D eigenvalue weighted by atomic mass is 16.5. The number of fused-ring (bicyclic) bond motifs is 3. The van der Waals surface area contributed by atoms with E-state index in [4.69, 9.17) is 10.5 Å². The molecule has 0 heterocycles. The zero-order chi connectivity index (χ0) is 27.4. The molecule has 3 aliphatic rings. The third kappa shape index (κ3) is 3.86. The van der Waals surface area contributed by atoms with Gasteiger partial charge >= 0.3 is 0 Å². The molecule has 3 unspecified atom stereocenters. The number of unbranched alkanes of at least 4 members (excludes halogenated alkanes) is 1. The Morgan fingerprint density at radius 2 is 1.81 bits per heavy atom. The van der Waals surface area contributed by atoms with E-state index in [9.17, 15) is 30.0 Å². The molecule has 10 heteroatoms. The Labute approximate surface area is 215 Å². The minimum Gasteiger partial charge on any atom is -0.507 e. The monoisotopic (exact) mass is 513 g/mol. The maximum Gasteiger partial charge on any atom is 0.251 e. The number of aliphatic hydroxyl groups is 4. The van der Waals surface area contributed by atoms with Crippen molar-refractivity contribution in [3.63, 3.8) is 0 Å². The van der Waals surface area contributed by atoms with Gasteiger partial charge in [0.2, 0.25) is 5.78 Å². The van der Waals surface area contributed by atoms with Crippen LogP contribution in [0.4, 0.5) is 5.69 Å². The lowest BCUT2D eigenvalue weighted by Gasteiger charge is -2.47. The van der Waals surface area contributed by atoms with Gasteiger partial charge < -0.3 is 40.7 Å². The van der Waals surface area contributed by atoms with Crippen molar-refractivity contribution in [3.8, 4) is 5.75 Å². The van der Waals surface area contributed by atoms with E-state index in [-0.39, 0.29) is 29.0 Å². The van der Waals surface area contributed by atoms with Crippen LogP contribution < -0.4 is 15.4 Å². The fourth-order valence-electron chi connectivity index (χ4n) is 5.74. The highest BCUT2D eigenvalue weighted by Crippen LogP contribution is 2.53. The lowest BCUT2D eigenvalue weighted by Crippen LogP contribution is -2.60. The average molecular weight is 514 g/mol. The molecule has 6 N–H and O–H groups in total. The van der Waals surface area contributed by atoms with Gasteiger partial charge in [0.25, 0.3) is 5.91 Å². The van der Waals surface area contributed by atoms with Crippen molar-refractivity contribution in [2.24, 2.45) is 11.7 Å². The molecule has 4 rings (SSSR count). The Morgan fingerprint density at radius 3 is 2.38 bits per heavy atom. The number of benzene rings is 1. The Morgan fingerprint density at radius 1 is 1.14 bits per heavy atom. The van der Waals surface area contributed by atoms with E-state index in [1.807, 2.05) is 32.0 Å². The number of hydrogen-bond acceptors (Lipinski definition) is 9. The van der Waals surface area contributed by atoms with E-state index in [1.54, 1.807) is 20.2 Å². The standard InChI is InChI=1S/C27H35N3O7/c1-6-7-10-37-17-9-8-16(29(2)3)14-11-13-12-15-21(30(4)5)23(32)20(26(28)35)25(34)27(15,36)24(33)18(13)22(31)19(14)17/h8-9,13,25,31-32,34,36H,6-7,10-12H2,1-5H3,(H2,28,35). The van der Waals surface area contributed by atoms with Crippen LogP contribution in [0.3, 0.4) is 0 Å². The second-order valence-electron chi connectivity index (χ2n) is 10.2. The van der Waals surface area contributed by atoms with Gasteiger partial charge in [0.1, 0.15) is 23.4 Å². The molecule has 1 saturated carbocycles. The van der Waals surface area contributed by atoms with E-state index in [1.165, 1.54) is 4.90 Å². The number of carbonyl (C=O) groups excluding carboxylic acids is 2. The SMILES string of the molecule is CCCCOc1ccc(N(C)C)c2c1C(O)=C1C(=O)C3(O)C(=C(N(C)C)C(O)=C(C(N)=O)C3O)CC1C2. The molecule has 37 heavy (non-hydrogen) atoms. The minimum atomic E-state index is -2.59.